The highest BCUT2D eigenvalue weighted by molar-refractivity contribution is 5.81. The minimum atomic E-state index is 0.0257. The Morgan fingerprint density at radius 2 is 2.11 bits per heavy atom. The van der Waals surface area contributed by atoms with Gasteiger partial charge in [0.2, 0.25) is 5.91 Å². The highest BCUT2D eigenvalue weighted by atomic mass is 16.5. The van der Waals surface area contributed by atoms with Crippen LogP contribution >= 0.6 is 0 Å². The Labute approximate surface area is 113 Å². The van der Waals surface area contributed by atoms with Crippen LogP contribution in [-0.4, -0.2) is 38.7 Å². The SMILES string of the molecule is COc1ccccc1NCC(=O)NC1CCNCC1. The van der Waals surface area contributed by atoms with E-state index in [0.717, 1.165) is 37.4 Å². The number of benzene rings is 1. The molecule has 0 bridgehead atoms. The lowest BCUT2D eigenvalue weighted by atomic mass is 10.1. The number of para-hydroxylation sites is 2. The molecule has 3 N–H and O–H groups in total. The molecular weight excluding hydrogens is 242 g/mol. The van der Waals surface area contributed by atoms with Crippen LogP contribution in [0.2, 0.25) is 0 Å². The van der Waals surface area contributed by atoms with Crippen molar-refractivity contribution < 1.29 is 9.53 Å². The molecule has 1 aromatic carbocycles. The molecule has 1 aromatic rings. The Morgan fingerprint density at radius 1 is 1.37 bits per heavy atom. The van der Waals surface area contributed by atoms with E-state index in [4.69, 9.17) is 4.74 Å². The van der Waals surface area contributed by atoms with Crippen molar-refractivity contribution >= 4 is 11.6 Å². The van der Waals surface area contributed by atoms with Crippen molar-refractivity contribution in [3.8, 4) is 5.75 Å². The van der Waals surface area contributed by atoms with E-state index in [1.165, 1.54) is 0 Å². The van der Waals surface area contributed by atoms with E-state index in [9.17, 15) is 4.79 Å². The average molecular weight is 263 g/mol. The summed E-state index contributed by atoms with van der Waals surface area (Å²) in [4.78, 5) is 11.8. The molecule has 0 aromatic heterocycles. The van der Waals surface area contributed by atoms with Crippen LogP contribution < -0.4 is 20.7 Å². The van der Waals surface area contributed by atoms with Gasteiger partial charge >= 0.3 is 0 Å². The summed E-state index contributed by atoms with van der Waals surface area (Å²) in [5, 5.41) is 9.42. The van der Waals surface area contributed by atoms with Gasteiger partial charge in [-0.05, 0) is 38.1 Å². The van der Waals surface area contributed by atoms with Gasteiger partial charge in [-0.2, -0.15) is 0 Å². The van der Waals surface area contributed by atoms with Crippen LogP contribution in [0.25, 0.3) is 0 Å². The fraction of sp³-hybridized carbons (Fsp3) is 0.500. The number of nitrogens with one attached hydrogen (secondary N) is 3. The third-order valence-corrected chi connectivity index (χ3v) is 3.25. The molecule has 104 valence electrons. The topological polar surface area (TPSA) is 62.4 Å². The Hall–Kier alpha value is -1.75. The van der Waals surface area contributed by atoms with E-state index in [-0.39, 0.29) is 12.5 Å². The molecule has 0 unspecified atom stereocenters. The number of carbonyl (C=O) groups is 1. The van der Waals surface area contributed by atoms with Crippen LogP contribution in [0.15, 0.2) is 24.3 Å². The van der Waals surface area contributed by atoms with E-state index in [0.29, 0.717) is 6.04 Å². The van der Waals surface area contributed by atoms with Gasteiger partial charge in [-0.1, -0.05) is 12.1 Å². The number of anilines is 1. The summed E-state index contributed by atoms with van der Waals surface area (Å²) in [6.07, 6.45) is 2.00. The van der Waals surface area contributed by atoms with Gasteiger partial charge in [-0.3, -0.25) is 4.79 Å². The van der Waals surface area contributed by atoms with Crippen molar-refractivity contribution in [1.82, 2.24) is 10.6 Å². The van der Waals surface area contributed by atoms with Gasteiger partial charge in [0.1, 0.15) is 5.75 Å². The second-order valence-electron chi connectivity index (χ2n) is 4.65. The lowest BCUT2D eigenvalue weighted by Crippen LogP contribution is -2.44. The fourth-order valence-corrected chi connectivity index (χ4v) is 2.21. The summed E-state index contributed by atoms with van der Waals surface area (Å²) in [7, 11) is 1.62. The van der Waals surface area contributed by atoms with Crippen LogP contribution in [0, 0.1) is 0 Å². The van der Waals surface area contributed by atoms with Crippen molar-refractivity contribution in [3.63, 3.8) is 0 Å². The Bertz CT molecular complexity index is 417. The van der Waals surface area contributed by atoms with E-state index >= 15 is 0 Å². The van der Waals surface area contributed by atoms with Gasteiger partial charge in [-0.15, -0.1) is 0 Å². The number of methoxy groups -OCH3 is 1. The predicted octanol–water partition coefficient (Wildman–Crippen LogP) is 0.975. The maximum atomic E-state index is 11.8. The maximum absolute atomic E-state index is 11.8. The summed E-state index contributed by atoms with van der Waals surface area (Å²) in [5.74, 6) is 0.773. The lowest BCUT2D eigenvalue weighted by Gasteiger charge is -2.23. The molecule has 1 amide bonds. The quantitative estimate of drug-likeness (QED) is 0.741. The molecular formula is C14H21N3O2. The zero-order valence-corrected chi connectivity index (χ0v) is 11.2. The standard InChI is InChI=1S/C14H21N3O2/c1-19-13-5-3-2-4-12(13)16-10-14(18)17-11-6-8-15-9-7-11/h2-5,11,15-16H,6-10H2,1H3,(H,17,18). The average Bonchev–Trinajstić information content (AvgIpc) is 2.46. The minimum Gasteiger partial charge on any atom is -0.495 e. The van der Waals surface area contributed by atoms with Crippen LogP contribution in [0.4, 0.5) is 5.69 Å². The number of amides is 1. The van der Waals surface area contributed by atoms with Crippen molar-refractivity contribution in [2.45, 2.75) is 18.9 Å². The van der Waals surface area contributed by atoms with Crippen molar-refractivity contribution in [1.29, 1.82) is 0 Å². The van der Waals surface area contributed by atoms with E-state index in [1.807, 2.05) is 24.3 Å². The molecule has 1 aliphatic heterocycles. The van der Waals surface area contributed by atoms with Crippen LogP contribution in [0.3, 0.4) is 0 Å². The molecule has 5 nitrogen and oxygen atoms in total. The van der Waals surface area contributed by atoms with Gasteiger partial charge in [0.25, 0.3) is 0 Å². The van der Waals surface area contributed by atoms with Crippen molar-refractivity contribution in [2.24, 2.45) is 0 Å². The third-order valence-electron chi connectivity index (χ3n) is 3.25. The first kappa shape index (κ1) is 13.7. The number of piperidine rings is 1. The first-order valence-corrected chi connectivity index (χ1v) is 6.66. The lowest BCUT2D eigenvalue weighted by molar-refractivity contribution is -0.120. The van der Waals surface area contributed by atoms with Gasteiger partial charge in [-0.25, -0.2) is 0 Å². The summed E-state index contributed by atoms with van der Waals surface area (Å²) < 4.78 is 5.23. The first-order chi connectivity index (χ1) is 9.29. The second kappa shape index (κ2) is 6.99. The molecule has 0 spiro atoms. The molecule has 2 rings (SSSR count). The van der Waals surface area contributed by atoms with E-state index in [1.54, 1.807) is 7.11 Å². The Morgan fingerprint density at radius 3 is 2.84 bits per heavy atom. The highest BCUT2D eigenvalue weighted by Gasteiger charge is 2.15. The van der Waals surface area contributed by atoms with Gasteiger partial charge in [0.05, 0.1) is 19.3 Å². The van der Waals surface area contributed by atoms with Crippen LogP contribution in [0.5, 0.6) is 5.75 Å². The zero-order valence-electron chi connectivity index (χ0n) is 11.2. The molecule has 19 heavy (non-hydrogen) atoms. The number of hydrogen-bond acceptors (Lipinski definition) is 4. The molecule has 0 saturated carbocycles. The van der Waals surface area contributed by atoms with Crippen molar-refractivity contribution in [3.05, 3.63) is 24.3 Å². The normalized spacial score (nSPS) is 15.8. The largest absolute Gasteiger partial charge is 0.495 e. The molecule has 1 heterocycles. The molecule has 0 atom stereocenters. The first-order valence-electron chi connectivity index (χ1n) is 6.66. The minimum absolute atomic E-state index is 0.0257. The molecule has 0 aliphatic carbocycles. The second-order valence-corrected chi connectivity index (χ2v) is 4.65. The number of rotatable bonds is 5. The van der Waals surface area contributed by atoms with Crippen LogP contribution in [-0.2, 0) is 4.79 Å². The summed E-state index contributed by atoms with van der Waals surface area (Å²) in [6.45, 7) is 2.22. The molecule has 1 fully saturated rings. The summed E-state index contributed by atoms with van der Waals surface area (Å²) in [5.41, 5.74) is 0.838. The third kappa shape index (κ3) is 4.13. The fourth-order valence-electron chi connectivity index (χ4n) is 2.21. The van der Waals surface area contributed by atoms with Crippen LogP contribution in [0.1, 0.15) is 12.8 Å². The number of carbonyl (C=O) groups excluding carboxylic acids is 1. The molecule has 0 radical (unpaired) electrons. The smallest absolute Gasteiger partial charge is 0.239 e. The number of hydrogen-bond donors (Lipinski definition) is 3. The van der Waals surface area contributed by atoms with Gasteiger partial charge < -0.3 is 20.7 Å². The Kier molecular flexibility index (Phi) is 5.03. The molecule has 1 saturated heterocycles. The molecule has 1 aliphatic rings. The zero-order chi connectivity index (χ0) is 13.5. The van der Waals surface area contributed by atoms with Gasteiger partial charge in [0.15, 0.2) is 0 Å². The number of ether oxygens (including phenoxy) is 1. The van der Waals surface area contributed by atoms with E-state index < -0.39 is 0 Å². The van der Waals surface area contributed by atoms with E-state index in [2.05, 4.69) is 16.0 Å². The monoisotopic (exact) mass is 263 g/mol. The van der Waals surface area contributed by atoms with Gasteiger partial charge in [0, 0.05) is 6.04 Å². The summed E-state index contributed by atoms with van der Waals surface area (Å²) in [6, 6.07) is 7.88. The molecule has 5 heteroatoms. The van der Waals surface area contributed by atoms with Crippen molar-refractivity contribution in [2.75, 3.05) is 32.1 Å². The Balaban J connectivity index is 1.79. The predicted molar refractivity (Wildman–Crippen MR) is 75.5 cm³/mol. The maximum Gasteiger partial charge on any atom is 0.239 e. The highest BCUT2D eigenvalue weighted by Crippen LogP contribution is 2.22. The summed E-state index contributed by atoms with van der Waals surface area (Å²) >= 11 is 0.